The molecule has 0 bridgehead atoms. The van der Waals surface area contributed by atoms with Crippen molar-refractivity contribution in [3.8, 4) is 5.75 Å². The summed E-state index contributed by atoms with van der Waals surface area (Å²) in [5.74, 6) is -0.568. The van der Waals surface area contributed by atoms with Crippen LogP contribution in [-0.4, -0.2) is 28.8 Å². The maximum atomic E-state index is 11.9. The molecule has 0 aromatic heterocycles. The lowest BCUT2D eigenvalue weighted by Crippen LogP contribution is -2.44. The van der Waals surface area contributed by atoms with Gasteiger partial charge in [0.15, 0.2) is 0 Å². The Balaban J connectivity index is 1.97. The molecule has 0 saturated carbocycles. The topological polar surface area (TPSA) is 84.9 Å². The summed E-state index contributed by atoms with van der Waals surface area (Å²) >= 11 is 12.2. The highest BCUT2D eigenvalue weighted by molar-refractivity contribution is 6.35. The first kappa shape index (κ1) is 22.8. The average Bonchev–Trinajstić information content (AvgIpc) is 2.60. The minimum Gasteiger partial charge on any atom is -0.489 e. The van der Waals surface area contributed by atoms with E-state index < -0.39 is 23.7 Å². The molecule has 0 radical (unpaired) electrons. The highest BCUT2D eigenvalue weighted by Gasteiger charge is 2.24. The van der Waals surface area contributed by atoms with Crippen LogP contribution < -0.4 is 10.1 Å². The van der Waals surface area contributed by atoms with Crippen LogP contribution in [0.2, 0.25) is 10.0 Å². The van der Waals surface area contributed by atoms with Crippen LogP contribution in [0.3, 0.4) is 0 Å². The van der Waals surface area contributed by atoms with E-state index in [1.165, 1.54) is 0 Å². The van der Waals surface area contributed by atoms with E-state index in [-0.39, 0.29) is 13.0 Å². The minimum absolute atomic E-state index is 0.102. The molecule has 0 unspecified atom stereocenters. The Kier molecular flexibility index (Phi) is 7.76. The molecule has 1 amide bonds. The molecule has 2 aromatic rings. The van der Waals surface area contributed by atoms with Crippen molar-refractivity contribution in [2.45, 2.75) is 45.4 Å². The van der Waals surface area contributed by atoms with Crippen molar-refractivity contribution in [1.29, 1.82) is 0 Å². The van der Waals surface area contributed by atoms with E-state index in [1.807, 2.05) is 0 Å². The molecule has 0 aliphatic heterocycles. The number of carbonyl (C=O) groups excluding carboxylic acids is 1. The van der Waals surface area contributed by atoms with E-state index in [9.17, 15) is 14.7 Å². The van der Waals surface area contributed by atoms with Gasteiger partial charge in [-0.25, -0.2) is 9.59 Å². The predicted octanol–water partition coefficient (Wildman–Crippen LogP) is 5.09. The quantitative estimate of drug-likeness (QED) is 0.627. The van der Waals surface area contributed by atoms with Gasteiger partial charge in [-0.3, -0.25) is 0 Å². The summed E-state index contributed by atoms with van der Waals surface area (Å²) in [6, 6.07) is 11.0. The molecule has 0 saturated heterocycles. The van der Waals surface area contributed by atoms with Crippen LogP contribution >= 0.6 is 23.2 Å². The number of rotatable bonds is 7. The fourth-order valence-electron chi connectivity index (χ4n) is 2.43. The summed E-state index contributed by atoms with van der Waals surface area (Å²) in [5.41, 5.74) is 0.695. The molecule has 6 nitrogen and oxygen atoms in total. The number of amides is 1. The van der Waals surface area contributed by atoms with Crippen LogP contribution in [0.5, 0.6) is 5.75 Å². The molecule has 0 aliphatic carbocycles. The number of benzene rings is 2. The van der Waals surface area contributed by atoms with Crippen LogP contribution in [-0.2, 0) is 22.6 Å². The lowest BCUT2D eigenvalue weighted by molar-refractivity contribution is -0.139. The van der Waals surface area contributed by atoms with Crippen molar-refractivity contribution < 1.29 is 24.2 Å². The van der Waals surface area contributed by atoms with Gasteiger partial charge in [-0.1, -0.05) is 41.4 Å². The van der Waals surface area contributed by atoms with E-state index in [1.54, 1.807) is 63.2 Å². The van der Waals surface area contributed by atoms with E-state index in [0.717, 1.165) is 5.56 Å². The van der Waals surface area contributed by atoms with Gasteiger partial charge >= 0.3 is 12.1 Å². The lowest BCUT2D eigenvalue weighted by atomic mass is 10.1. The van der Waals surface area contributed by atoms with E-state index in [4.69, 9.17) is 32.7 Å². The number of hydrogen-bond donors (Lipinski definition) is 2. The first-order valence-corrected chi connectivity index (χ1v) is 9.67. The molecule has 1 atom stereocenters. The maximum Gasteiger partial charge on any atom is 0.408 e. The molecule has 8 heteroatoms. The number of aliphatic carboxylic acids is 1. The summed E-state index contributed by atoms with van der Waals surface area (Å²) < 4.78 is 10.8. The van der Waals surface area contributed by atoms with Crippen LogP contribution in [0, 0.1) is 0 Å². The fourth-order valence-corrected chi connectivity index (χ4v) is 2.94. The number of halogens is 2. The second-order valence-electron chi connectivity index (χ2n) is 7.37. The van der Waals surface area contributed by atoms with Gasteiger partial charge in [0, 0.05) is 22.0 Å². The van der Waals surface area contributed by atoms with Crippen LogP contribution in [0.25, 0.3) is 0 Å². The third kappa shape index (κ3) is 7.48. The smallest absolute Gasteiger partial charge is 0.408 e. The van der Waals surface area contributed by atoms with E-state index in [0.29, 0.717) is 21.4 Å². The van der Waals surface area contributed by atoms with Gasteiger partial charge in [0.2, 0.25) is 0 Å². The summed E-state index contributed by atoms with van der Waals surface area (Å²) in [7, 11) is 0. The Bertz CT molecular complexity index is 842. The second kappa shape index (κ2) is 9.85. The number of carbonyl (C=O) groups is 2. The van der Waals surface area contributed by atoms with Gasteiger partial charge in [0.25, 0.3) is 0 Å². The standard InChI is InChI=1S/C21H23Cl2NO5/c1-21(2,3)29-20(27)24-18(19(25)26)11-13-7-9-14(10-8-13)28-12-15-16(22)5-4-6-17(15)23/h4-10,18H,11-12H2,1-3H3,(H,24,27)(H,25,26)/t18-/m0/s1. The van der Waals surface area contributed by atoms with Crippen molar-refractivity contribution in [3.05, 3.63) is 63.6 Å². The van der Waals surface area contributed by atoms with Gasteiger partial charge in [-0.05, 0) is 50.6 Å². The summed E-state index contributed by atoms with van der Waals surface area (Å²) in [5, 5.41) is 12.8. The van der Waals surface area contributed by atoms with Crippen molar-refractivity contribution in [2.24, 2.45) is 0 Å². The monoisotopic (exact) mass is 439 g/mol. The number of carboxylic acid groups (broad SMARTS) is 1. The molecule has 2 N–H and O–H groups in total. The molecule has 0 spiro atoms. The Labute approximate surface area is 179 Å². The predicted molar refractivity (Wildman–Crippen MR) is 112 cm³/mol. The first-order valence-electron chi connectivity index (χ1n) is 8.92. The lowest BCUT2D eigenvalue weighted by Gasteiger charge is -2.22. The van der Waals surface area contributed by atoms with E-state index >= 15 is 0 Å². The Hall–Kier alpha value is -2.44. The van der Waals surface area contributed by atoms with Crippen molar-refractivity contribution in [2.75, 3.05) is 0 Å². The number of ether oxygens (including phenoxy) is 2. The molecular weight excluding hydrogens is 417 g/mol. The molecule has 2 rings (SSSR count). The fraction of sp³-hybridized carbons (Fsp3) is 0.333. The molecular formula is C21H23Cl2NO5. The third-order valence-corrected chi connectivity index (χ3v) is 4.51. The molecule has 156 valence electrons. The zero-order chi connectivity index (χ0) is 21.6. The van der Waals surface area contributed by atoms with E-state index in [2.05, 4.69) is 5.32 Å². The minimum atomic E-state index is -1.15. The average molecular weight is 440 g/mol. The van der Waals surface area contributed by atoms with Crippen molar-refractivity contribution in [1.82, 2.24) is 5.32 Å². The summed E-state index contributed by atoms with van der Waals surface area (Å²) in [4.78, 5) is 23.3. The number of hydrogen-bond acceptors (Lipinski definition) is 4. The largest absolute Gasteiger partial charge is 0.489 e. The second-order valence-corrected chi connectivity index (χ2v) is 8.19. The van der Waals surface area contributed by atoms with Crippen LogP contribution in [0.1, 0.15) is 31.9 Å². The number of nitrogens with one attached hydrogen (secondary N) is 1. The SMILES string of the molecule is CC(C)(C)OC(=O)N[C@@H](Cc1ccc(OCc2c(Cl)cccc2Cl)cc1)C(=O)O. The number of carboxylic acids is 1. The summed E-state index contributed by atoms with van der Waals surface area (Å²) in [6.07, 6.45) is -0.674. The highest BCUT2D eigenvalue weighted by atomic mass is 35.5. The highest BCUT2D eigenvalue weighted by Crippen LogP contribution is 2.26. The molecule has 0 aliphatic rings. The molecule has 0 heterocycles. The third-order valence-electron chi connectivity index (χ3n) is 3.80. The van der Waals surface area contributed by atoms with Crippen molar-refractivity contribution >= 4 is 35.3 Å². The summed E-state index contributed by atoms with van der Waals surface area (Å²) in [6.45, 7) is 5.32. The Morgan fingerprint density at radius 3 is 2.17 bits per heavy atom. The zero-order valence-corrected chi connectivity index (χ0v) is 17.9. The Morgan fingerprint density at radius 1 is 1.07 bits per heavy atom. The van der Waals surface area contributed by atoms with Crippen LogP contribution in [0.15, 0.2) is 42.5 Å². The number of alkyl carbamates (subject to hydrolysis) is 1. The molecule has 2 aromatic carbocycles. The van der Waals surface area contributed by atoms with Crippen molar-refractivity contribution in [3.63, 3.8) is 0 Å². The van der Waals surface area contributed by atoms with Gasteiger partial charge < -0.3 is 19.9 Å². The zero-order valence-electron chi connectivity index (χ0n) is 16.4. The van der Waals surface area contributed by atoms with Gasteiger partial charge in [0.1, 0.15) is 24.0 Å². The van der Waals surface area contributed by atoms with Gasteiger partial charge in [0.05, 0.1) is 0 Å². The Morgan fingerprint density at radius 2 is 1.66 bits per heavy atom. The molecule has 0 fully saturated rings. The van der Waals surface area contributed by atoms with Crippen LogP contribution in [0.4, 0.5) is 4.79 Å². The first-order chi connectivity index (χ1) is 13.5. The van der Waals surface area contributed by atoms with Gasteiger partial charge in [-0.15, -0.1) is 0 Å². The normalized spacial score (nSPS) is 12.2. The van der Waals surface area contributed by atoms with Gasteiger partial charge in [-0.2, -0.15) is 0 Å². The maximum absolute atomic E-state index is 11.9. The molecule has 29 heavy (non-hydrogen) atoms.